The lowest BCUT2D eigenvalue weighted by molar-refractivity contribution is -0.125. The number of hydrogen-bond donors (Lipinski definition) is 1. The molecule has 1 aliphatic heterocycles. The largest absolute Gasteiger partial charge is 0.351 e. The minimum Gasteiger partial charge on any atom is -0.351 e. The van der Waals surface area contributed by atoms with E-state index in [4.69, 9.17) is 11.6 Å². The molecular formula is C24H28ClN3O4S. The number of nitrogens with one attached hydrogen (secondary N) is 1. The molecule has 1 aliphatic carbocycles. The van der Waals surface area contributed by atoms with Gasteiger partial charge in [0.1, 0.15) is 0 Å². The third-order valence-corrected chi connectivity index (χ3v) is 8.63. The molecule has 2 aromatic rings. The van der Waals surface area contributed by atoms with E-state index in [0.717, 1.165) is 40.4 Å². The number of carbonyl (C=O) groups excluding carboxylic acids is 2. The molecule has 1 N–H and O–H groups in total. The highest BCUT2D eigenvalue weighted by atomic mass is 35.5. The summed E-state index contributed by atoms with van der Waals surface area (Å²) in [5.41, 5.74) is 2.39. The number of fused-ring (bicyclic) bond motifs is 1. The van der Waals surface area contributed by atoms with Crippen molar-refractivity contribution in [3.05, 3.63) is 58.6 Å². The number of anilines is 1. The molecule has 4 rings (SSSR count). The maximum atomic E-state index is 13.1. The number of benzene rings is 2. The van der Waals surface area contributed by atoms with Gasteiger partial charge in [-0.1, -0.05) is 36.2 Å². The molecule has 0 aromatic heterocycles. The third-order valence-electron chi connectivity index (χ3n) is 6.47. The Kier molecular flexibility index (Phi) is 6.79. The fourth-order valence-electron chi connectivity index (χ4n) is 4.31. The second-order valence-corrected chi connectivity index (χ2v) is 11.3. The smallest absolute Gasteiger partial charge is 0.243 e. The zero-order valence-electron chi connectivity index (χ0n) is 18.8. The second kappa shape index (κ2) is 9.44. The quantitative estimate of drug-likeness (QED) is 0.646. The average Bonchev–Trinajstić information content (AvgIpc) is 3.06. The first-order chi connectivity index (χ1) is 15.7. The van der Waals surface area contributed by atoms with E-state index in [1.165, 1.54) is 13.1 Å². The number of likely N-dealkylation sites (N-methyl/N-ethyl adjacent to an activating group) is 1. The summed E-state index contributed by atoms with van der Waals surface area (Å²) in [6.45, 7) is 1.89. The van der Waals surface area contributed by atoms with E-state index in [2.05, 4.69) is 5.32 Å². The topological polar surface area (TPSA) is 86.8 Å². The van der Waals surface area contributed by atoms with E-state index in [1.807, 2.05) is 17.9 Å². The van der Waals surface area contributed by atoms with E-state index in [9.17, 15) is 18.0 Å². The fraction of sp³-hybridized carbons (Fsp3) is 0.417. The van der Waals surface area contributed by atoms with Gasteiger partial charge in [-0.05, 0) is 61.6 Å². The maximum absolute atomic E-state index is 13.1. The van der Waals surface area contributed by atoms with E-state index < -0.39 is 15.9 Å². The lowest BCUT2D eigenvalue weighted by atomic mass is 9.84. The number of halogens is 1. The molecular weight excluding hydrogens is 462 g/mol. The minimum atomic E-state index is -3.87. The normalized spacial score (nSPS) is 18.2. The SMILES string of the molecule is C[C@H]1Cc2cc(S(=O)(=O)N(C)CC(=O)NCc3ccccc3Cl)ccc2N1C(=O)C1CCC1. The molecule has 2 aliphatic rings. The summed E-state index contributed by atoms with van der Waals surface area (Å²) in [5, 5.41) is 3.25. The van der Waals surface area contributed by atoms with Crippen molar-refractivity contribution in [3.63, 3.8) is 0 Å². The average molecular weight is 490 g/mol. The molecule has 9 heteroatoms. The van der Waals surface area contributed by atoms with Gasteiger partial charge in [-0.3, -0.25) is 9.59 Å². The van der Waals surface area contributed by atoms with Gasteiger partial charge in [0.25, 0.3) is 0 Å². The Morgan fingerprint density at radius 3 is 2.58 bits per heavy atom. The molecule has 0 bridgehead atoms. The van der Waals surface area contributed by atoms with E-state index in [0.29, 0.717) is 11.4 Å². The van der Waals surface area contributed by atoms with Crippen LogP contribution in [0.3, 0.4) is 0 Å². The zero-order valence-corrected chi connectivity index (χ0v) is 20.3. The molecule has 1 atom stereocenters. The number of carbonyl (C=O) groups is 2. The molecule has 0 radical (unpaired) electrons. The van der Waals surface area contributed by atoms with Crippen LogP contribution >= 0.6 is 11.6 Å². The van der Waals surface area contributed by atoms with Crippen molar-refractivity contribution in [2.24, 2.45) is 5.92 Å². The molecule has 2 amide bonds. The van der Waals surface area contributed by atoms with E-state index in [1.54, 1.807) is 30.3 Å². The van der Waals surface area contributed by atoms with E-state index >= 15 is 0 Å². The summed E-state index contributed by atoms with van der Waals surface area (Å²) in [6, 6.07) is 12.0. The molecule has 2 aromatic carbocycles. The number of amides is 2. The Hall–Kier alpha value is -2.42. The Labute approximate surface area is 199 Å². The van der Waals surface area contributed by atoms with Gasteiger partial charge in [0.15, 0.2) is 0 Å². The van der Waals surface area contributed by atoms with Gasteiger partial charge in [0.05, 0.1) is 11.4 Å². The van der Waals surface area contributed by atoms with Gasteiger partial charge in [0, 0.05) is 36.3 Å². The van der Waals surface area contributed by atoms with Gasteiger partial charge >= 0.3 is 0 Å². The summed E-state index contributed by atoms with van der Waals surface area (Å²) in [5.74, 6) is -0.208. The first-order valence-corrected chi connectivity index (χ1v) is 12.9. The molecule has 33 heavy (non-hydrogen) atoms. The first kappa shape index (κ1) is 23.7. The first-order valence-electron chi connectivity index (χ1n) is 11.1. The fourth-order valence-corrected chi connectivity index (χ4v) is 5.70. The van der Waals surface area contributed by atoms with Gasteiger partial charge in [-0.2, -0.15) is 4.31 Å². The highest BCUT2D eigenvalue weighted by Gasteiger charge is 2.37. The summed E-state index contributed by atoms with van der Waals surface area (Å²) in [6.07, 6.45) is 3.54. The minimum absolute atomic E-state index is 0.000581. The Morgan fingerprint density at radius 2 is 1.91 bits per heavy atom. The highest BCUT2D eigenvalue weighted by Crippen LogP contribution is 2.38. The van der Waals surface area contributed by atoms with Gasteiger partial charge < -0.3 is 10.2 Å². The van der Waals surface area contributed by atoms with Crippen molar-refractivity contribution in [2.45, 2.75) is 50.1 Å². The van der Waals surface area contributed by atoms with E-state index in [-0.39, 0.29) is 35.9 Å². The van der Waals surface area contributed by atoms with Crippen molar-refractivity contribution in [3.8, 4) is 0 Å². The number of hydrogen-bond acceptors (Lipinski definition) is 4. The lowest BCUT2D eigenvalue weighted by Gasteiger charge is -2.32. The monoisotopic (exact) mass is 489 g/mol. The molecule has 0 saturated heterocycles. The van der Waals surface area contributed by atoms with Crippen LogP contribution in [-0.2, 0) is 32.6 Å². The van der Waals surface area contributed by atoms with Gasteiger partial charge in [-0.25, -0.2) is 8.42 Å². The van der Waals surface area contributed by atoms with Crippen LogP contribution in [0.5, 0.6) is 0 Å². The Balaban J connectivity index is 1.44. The van der Waals surface area contributed by atoms with Crippen molar-refractivity contribution in [1.82, 2.24) is 9.62 Å². The van der Waals surface area contributed by atoms with Crippen molar-refractivity contribution in [1.29, 1.82) is 0 Å². The van der Waals surface area contributed by atoms with Crippen LogP contribution in [0.25, 0.3) is 0 Å². The van der Waals surface area contributed by atoms with Crippen LogP contribution in [0.4, 0.5) is 5.69 Å². The Bertz CT molecular complexity index is 1180. The van der Waals surface area contributed by atoms with Crippen LogP contribution in [0, 0.1) is 5.92 Å². The predicted molar refractivity (Wildman–Crippen MR) is 128 cm³/mol. The molecule has 176 valence electrons. The summed E-state index contributed by atoms with van der Waals surface area (Å²) < 4.78 is 27.2. The number of sulfonamides is 1. The molecule has 0 spiro atoms. The predicted octanol–water partition coefficient (Wildman–Crippen LogP) is 3.35. The van der Waals surface area contributed by atoms with Gasteiger partial charge in [-0.15, -0.1) is 0 Å². The lowest BCUT2D eigenvalue weighted by Crippen LogP contribution is -2.42. The summed E-state index contributed by atoms with van der Waals surface area (Å²) in [4.78, 5) is 27.1. The van der Waals surface area contributed by atoms with Crippen LogP contribution in [0.1, 0.15) is 37.3 Å². The molecule has 1 fully saturated rings. The molecule has 1 saturated carbocycles. The molecule has 1 heterocycles. The van der Waals surface area contributed by atoms with Crippen LogP contribution in [-0.4, -0.2) is 44.2 Å². The highest BCUT2D eigenvalue weighted by molar-refractivity contribution is 7.89. The third kappa shape index (κ3) is 4.78. The van der Waals surface area contributed by atoms with Crippen LogP contribution in [0.2, 0.25) is 5.02 Å². The van der Waals surface area contributed by atoms with Crippen LogP contribution in [0.15, 0.2) is 47.4 Å². The molecule has 0 unspecified atom stereocenters. The second-order valence-electron chi connectivity index (χ2n) is 8.81. The summed E-state index contributed by atoms with van der Waals surface area (Å²) in [7, 11) is -2.49. The molecule has 7 nitrogen and oxygen atoms in total. The zero-order chi connectivity index (χ0) is 23.8. The summed E-state index contributed by atoms with van der Waals surface area (Å²) >= 11 is 6.10. The van der Waals surface area contributed by atoms with Crippen LogP contribution < -0.4 is 10.2 Å². The van der Waals surface area contributed by atoms with Crippen molar-refractivity contribution >= 4 is 39.1 Å². The standard InChI is InChI=1S/C24H28ClN3O4S/c1-16-12-19-13-20(10-11-22(19)28(16)24(30)17-7-5-8-17)33(31,32)27(2)15-23(29)26-14-18-6-3-4-9-21(18)25/h3-4,6,9-11,13,16-17H,5,7-8,12,14-15H2,1-2H3,(H,26,29)/t16-/m0/s1. The van der Waals surface area contributed by atoms with Crippen molar-refractivity contribution < 1.29 is 18.0 Å². The number of rotatable bonds is 7. The Morgan fingerprint density at radius 1 is 1.18 bits per heavy atom. The van der Waals surface area contributed by atoms with Crippen molar-refractivity contribution in [2.75, 3.05) is 18.5 Å². The number of nitrogens with zero attached hydrogens (tertiary/aromatic N) is 2. The maximum Gasteiger partial charge on any atom is 0.243 e. The van der Waals surface area contributed by atoms with Gasteiger partial charge in [0.2, 0.25) is 21.8 Å².